The van der Waals surface area contributed by atoms with Gasteiger partial charge in [-0.1, -0.05) is 6.92 Å². The maximum atomic E-state index is 8.71. The van der Waals surface area contributed by atoms with Crippen LogP contribution in [-0.4, -0.2) is 24.3 Å². The molecule has 1 atom stereocenters. The van der Waals surface area contributed by atoms with Gasteiger partial charge in [0.1, 0.15) is 0 Å². The topological polar surface area (TPSA) is 32.3 Å². The van der Waals surface area contributed by atoms with Crippen molar-refractivity contribution < 1.29 is 5.11 Å². The summed E-state index contributed by atoms with van der Waals surface area (Å²) in [6, 6.07) is 0.542. The Labute approximate surface area is 69.0 Å². The molecule has 2 nitrogen and oxygen atoms in total. The lowest BCUT2D eigenvalue weighted by molar-refractivity contribution is 0.262. The van der Waals surface area contributed by atoms with Crippen LogP contribution in [0.5, 0.6) is 0 Å². The first-order valence-electron chi connectivity index (χ1n) is 4.71. The van der Waals surface area contributed by atoms with Gasteiger partial charge in [0.25, 0.3) is 0 Å². The molecule has 11 heavy (non-hydrogen) atoms. The Morgan fingerprint density at radius 1 is 1.55 bits per heavy atom. The van der Waals surface area contributed by atoms with Gasteiger partial charge in [-0.15, -0.1) is 0 Å². The predicted octanol–water partition coefficient (Wildman–Crippen LogP) is 1.15. The molecule has 0 heterocycles. The second-order valence-electron chi connectivity index (χ2n) is 3.47. The highest BCUT2D eigenvalue weighted by molar-refractivity contribution is 4.77. The quantitative estimate of drug-likeness (QED) is 0.606. The van der Waals surface area contributed by atoms with Crippen LogP contribution in [0.2, 0.25) is 0 Å². The van der Waals surface area contributed by atoms with Gasteiger partial charge in [-0.2, -0.15) is 0 Å². The molecule has 1 saturated carbocycles. The molecule has 0 saturated heterocycles. The van der Waals surface area contributed by atoms with Crippen molar-refractivity contribution in [2.75, 3.05) is 13.2 Å². The van der Waals surface area contributed by atoms with Crippen molar-refractivity contribution in [3.8, 4) is 0 Å². The van der Waals surface area contributed by atoms with Gasteiger partial charge in [-0.05, 0) is 38.1 Å². The monoisotopic (exact) mass is 157 g/mol. The summed E-state index contributed by atoms with van der Waals surface area (Å²) in [6.45, 7) is 3.65. The third-order valence-electron chi connectivity index (χ3n) is 2.36. The highest BCUT2D eigenvalue weighted by Crippen LogP contribution is 2.27. The van der Waals surface area contributed by atoms with Crippen molar-refractivity contribution in [1.29, 1.82) is 0 Å². The van der Waals surface area contributed by atoms with Crippen LogP contribution in [0.15, 0.2) is 0 Å². The highest BCUT2D eigenvalue weighted by Gasteiger charge is 2.21. The summed E-state index contributed by atoms with van der Waals surface area (Å²) in [6.07, 6.45) is 4.85. The fourth-order valence-electron chi connectivity index (χ4n) is 1.26. The second-order valence-corrected chi connectivity index (χ2v) is 3.47. The van der Waals surface area contributed by atoms with Gasteiger partial charge in [-0.3, -0.25) is 0 Å². The van der Waals surface area contributed by atoms with Crippen LogP contribution in [0.1, 0.15) is 32.6 Å². The maximum absolute atomic E-state index is 8.71. The first-order valence-corrected chi connectivity index (χ1v) is 4.71. The fraction of sp³-hybridized carbons (Fsp3) is 1.00. The van der Waals surface area contributed by atoms with Gasteiger partial charge in [0.15, 0.2) is 0 Å². The second kappa shape index (κ2) is 4.73. The Hall–Kier alpha value is -0.0800. The van der Waals surface area contributed by atoms with Crippen LogP contribution in [0.3, 0.4) is 0 Å². The molecule has 1 unspecified atom stereocenters. The molecule has 0 aromatic rings. The van der Waals surface area contributed by atoms with E-state index in [1.165, 1.54) is 19.4 Å². The number of aliphatic hydroxyl groups excluding tert-OH is 1. The van der Waals surface area contributed by atoms with Crippen LogP contribution < -0.4 is 5.32 Å². The lowest BCUT2D eigenvalue weighted by Gasteiger charge is -2.14. The minimum absolute atomic E-state index is 0.316. The third-order valence-corrected chi connectivity index (χ3v) is 2.36. The number of rotatable bonds is 6. The molecule has 0 aromatic carbocycles. The summed E-state index contributed by atoms with van der Waals surface area (Å²) in [7, 11) is 0. The van der Waals surface area contributed by atoms with E-state index >= 15 is 0 Å². The van der Waals surface area contributed by atoms with Gasteiger partial charge in [0, 0.05) is 12.6 Å². The molecule has 0 aromatic heterocycles. The van der Waals surface area contributed by atoms with Gasteiger partial charge in [0.2, 0.25) is 0 Å². The third kappa shape index (κ3) is 3.73. The van der Waals surface area contributed by atoms with E-state index in [0.29, 0.717) is 12.6 Å². The summed E-state index contributed by atoms with van der Waals surface area (Å²) < 4.78 is 0. The standard InChI is InChI=1S/C9H19NO/c1-2-9(5-6-11)10-7-8-3-4-8/h8-11H,2-7H2,1H3. The van der Waals surface area contributed by atoms with E-state index in [4.69, 9.17) is 5.11 Å². The summed E-state index contributed by atoms with van der Waals surface area (Å²) in [5.74, 6) is 0.947. The van der Waals surface area contributed by atoms with Crippen molar-refractivity contribution in [2.24, 2.45) is 5.92 Å². The van der Waals surface area contributed by atoms with Crippen molar-refractivity contribution in [3.05, 3.63) is 0 Å². The lowest BCUT2D eigenvalue weighted by atomic mass is 10.1. The van der Waals surface area contributed by atoms with Crippen LogP contribution in [0.25, 0.3) is 0 Å². The first kappa shape index (κ1) is 9.01. The number of hydrogen-bond acceptors (Lipinski definition) is 2. The van der Waals surface area contributed by atoms with Crippen molar-refractivity contribution in [1.82, 2.24) is 5.32 Å². The zero-order chi connectivity index (χ0) is 8.10. The molecule has 0 spiro atoms. The molecule has 1 rings (SSSR count). The van der Waals surface area contributed by atoms with Crippen molar-refractivity contribution in [3.63, 3.8) is 0 Å². The summed E-state index contributed by atoms with van der Waals surface area (Å²) in [4.78, 5) is 0. The molecule has 66 valence electrons. The van der Waals surface area contributed by atoms with E-state index in [1.807, 2.05) is 0 Å². The molecule has 2 heteroatoms. The van der Waals surface area contributed by atoms with Crippen LogP contribution in [-0.2, 0) is 0 Å². The molecule has 1 aliphatic rings. The Balaban J connectivity index is 1.98. The minimum atomic E-state index is 0.316. The molecule has 0 radical (unpaired) electrons. The zero-order valence-electron chi connectivity index (χ0n) is 7.34. The van der Waals surface area contributed by atoms with E-state index in [1.54, 1.807) is 0 Å². The predicted molar refractivity (Wildman–Crippen MR) is 46.5 cm³/mol. The van der Waals surface area contributed by atoms with E-state index < -0.39 is 0 Å². The average molecular weight is 157 g/mol. The van der Waals surface area contributed by atoms with E-state index in [9.17, 15) is 0 Å². The molecule has 1 aliphatic carbocycles. The molecule has 1 fully saturated rings. The average Bonchev–Trinajstić information content (AvgIpc) is 2.81. The summed E-state index contributed by atoms with van der Waals surface area (Å²) >= 11 is 0. The molecule has 0 aliphatic heterocycles. The Morgan fingerprint density at radius 2 is 2.27 bits per heavy atom. The van der Waals surface area contributed by atoms with Crippen LogP contribution in [0.4, 0.5) is 0 Å². The van der Waals surface area contributed by atoms with E-state index in [2.05, 4.69) is 12.2 Å². The smallest absolute Gasteiger partial charge is 0.0445 e. The molecule has 0 amide bonds. The highest BCUT2D eigenvalue weighted by atomic mass is 16.3. The molecular formula is C9H19NO. The number of aliphatic hydroxyl groups is 1. The molecule has 0 bridgehead atoms. The van der Waals surface area contributed by atoms with Crippen LogP contribution in [0, 0.1) is 5.92 Å². The Kier molecular flexibility index (Phi) is 3.87. The summed E-state index contributed by atoms with van der Waals surface area (Å²) in [5.41, 5.74) is 0. The van der Waals surface area contributed by atoms with Gasteiger partial charge in [-0.25, -0.2) is 0 Å². The van der Waals surface area contributed by atoms with Crippen LogP contribution >= 0.6 is 0 Å². The first-order chi connectivity index (χ1) is 5.36. The summed E-state index contributed by atoms with van der Waals surface area (Å²) in [5, 5.41) is 12.2. The SMILES string of the molecule is CCC(CCO)NCC1CC1. The van der Waals surface area contributed by atoms with E-state index in [0.717, 1.165) is 18.8 Å². The van der Waals surface area contributed by atoms with Gasteiger partial charge < -0.3 is 10.4 Å². The Morgan fingerprint density at radius 3 is 2.73 bits per heavy atom. The van der Waals surface area contributed by atoms with Gasteiger partial charge >= 0.3 is 0 Å². The van der Waals surface area contributed by atoms with E-state index in [-0.39, 0.29) is 0 Å². The maximum Gasteiger partial charge on any atom is 0.0445 e. The minimum Gasteiger partial charge on any atom is -0.396 e. The number of nitrogens with one attached hydrogen (secondary N) is 1. The van der Waals surface area contributed by atoms with Crippen molar-refractivity contribution in [2.45, 2.75) is 38.6 Å². The normalized spacial score (nSPS) is 20.2. The fourth-order valence-corrected chi connectivity index (χ4v) is 1.26. The number of hydrogen-bond donors (Lipinski definition) is 2. The molecule has 2 N–H and O–H groups in total. The van der Waals surface area contributed by atoms with Gasteiger partial charge in [0.05, 0.1) is 0 Å². The zero-order valence-corrected chi connectivity index (χ0v) is 7.34. The molecular weight excluding hydrogens is 138 g/mol. The largest absolute Gasteiger partial charge is 0.396 e. The van der Waals surface area contributed by atoms with Crippen molar-refractivity contribution >= 4 is 0 Å². The lowest BCUT2D eigenvalue weighted by Crippen LogP contribution is -2.30. The Bertz CT molecular complexity index is 102.